The second kappa shape index (κ2) is 6.76. The number of aliphatic hydroxyl groups excluding tert-OH is 1. The normalized spacial score (nSPS) is 14.0. The third-order valence-electron chi connectivity index (χ3n) is 2.70. The van der Waals surface area contributed by atoms with E-state index in [9.17, 15) is 8.42 Å². The molecule has 0 radical (unpaired) electrons. The molecule has 0 amide bonds. The molecular weight excluding hydrogens is 286 g/mol. The molecule has 2 N–H and O–H groups in total. The third-order valence-corrected chi connectivity index (χ3v) is 5.61. The van der Waals surface area contributed by atoms with Crippen molar-refractivity contribution in [3.8, 4) is 0 Å². The fourth-order valence-electron chi connectivity index (χ4n) is 1.73. The third kappa shape index (κ3) is 4.50. The number of nitrogens with one attached hydrogen (secondary N) is 1. The number of aromatic nitrogens is 1. The van der Waals surface area contributed by atoms with Crippen molar-refractivity contribution in [1.82, 2.24) is 14.0 Å². The number of thiazole rings is 1. The summed E-state index contributed by atoms with van der Waals surface area (Å²) in [5.41, 5.74) is 0.857. The van der Waals surface area contributed by atoms with Gasteiger partial charge in [-0.05, 0) is 27.2 Å². The Morgan fingerprint density at radius 1 is 1.47 bits per heavy atom. The molecule has 110 valence electrons. The van der Waals surface area contributed by atoms with Gasteiger partial charge in [0.15, 0.2) is 0 Å². The van der Waals surface area contributed by atoms with E-state index in [0.717, 1.165) is 15.6 Å². The topological polar surface area (TPSA) is 82.5 Å². The molecule has 19 heavy (non-hydrogen) atoms. The average molecular weight is 307 g/mol. The van der Waals surface area contributed by atoms with Crippen LogP contribution in [0, 0.1) is 13.8 Å². The van der Waals surface area contributed by atoms with E-state index < -0.39 is 10.2 Å². The van der Waals surface area contributed by atoms with Crippen LogP contribution in [0.15, 0.2) is 0 Å². The number of rotatable bonds is 7. The molecule has 1 rings (SSSR count). The van der Waals surface area contributed by atoms with Crippen molar-refractivity contribution in [2.45, 2.75) is 33.2 Å². The summed E-state index contributed by atoms with van der Waals surface area (Å²) < 4.78 is 27.9. The number of hydrogen-bond acceptors (Lipinski definition) is 5. The van der Waals surface area contributed by atoms with Gasteiger partial charge < -0.3 is 5.11 Å². The van der Waals surface area contributed by atoms with E-state index in [1.54, 1.807) is 6.92 Å². The van der Waals surface area contributed by atoms with Gasteiger partial charge in [-0.15, -0.1) is 11.3 Å². The van der Waals surface area contributed by atoms with E-state index in [4.69, 9.17) is 5.11 Å². The van der Waals surface area contributed by atoms with E-state index in [1.807, 2.05) is 13.8 Å². The highest BCUT2D eigenvalue weighted by Gasteiger charge is 2.22. The molecule has 1 aromatic rings. The van der Waals surface area contributed by atoms with E-state index >= 15 is 0 Å². The lowest BCUT2D eigenvalue weighted by Gasteiger charge is -2.20. The molecule has 0 aliphatic carbocycles. The smallest absolute Gasteiger partial charge is 0.279 e. The number of aliphatic hydroxyl groups is 1. The molecular formula is C11H21N3O3S2. The van der Waals surface area contributed by atoms with Crippen LogP contribution in [-0.2, 0) is 10.2 Å². The predicted molar refractivity (Wildman–Crippen MR) is 76.4 cm³/mol. The molecule has 0 saturated heterocycles. The van der Waals surface area contributed by atoms with Gasteiger partial charge in [-0.2, -0.15) is 17.4 Å². The Bertz CT molecular complexity index is 513. The molecule has 0 aromatic carbocycles. The first-order chi connectivity index (χ1) is 8.77. The minimum absolute atomic E-state index is 0.0252. The van der Waals surface area contributed by atoms with Gasteiger partial charge in [0, 0.05) is 25.1 Å². The number of aryl methyl sites for hydroxylation is 2. The molecule has 8 heteroatoms. The summed E-state index contributed by atoms with van der Waals surface area (Å²) in [6.45, 7) is 5.84. The zero-order valence-corrected chi connectivity index (χ0v) is 13.3. The Balaban J connectivity index is 2.75. The first kappa shape index (κ1) is 16.5. The first-order valence-electron chi connectivity index (χ1n) is 6.06. The molecule has 1 atom stereocenters. The van der Waals surface area contributed by atoms with Crippen LogP contribution in [0.25, 0.3) is 0 Å². The summed E-state index contributed by atoms with van der Waals surface area (Å²) >= 11 is 1.50. The molecule has 0 fully saturated rings. The van der Waals surface area contributed by atoms with Crippen LogP contribution >= 0.6 is 11.3 Å². The molecule has 1 aromatic heterocycles. The Kier molecular flexibility index (Phi) is 5.87. The highest BCUT2D eigenvalue weighted by atomic mass is 32.2. The lowest BCUT2D eigenvalue weighted by Crippen LogP contribution is -2.40. The molecule has 0 bridgehead atoms. The standard InChI is InChI=1S/C11H21N3O3S2/c1-8-11(18-10(3)12-8)9(2)13-19(16,17)14(4)6-5-7-15/h9,13,15H,5-7H2,1-4H3. The van der Waals surface area contributed by atoms with Gasteiger partial charge in [0.1, 0.15) is 0 Å². The fourth-order valence-corrected chi connectivity index (χ4v) is 3.85. The highest BCUT2D eigenvalue weighted by molar-refractivity contribution is 7.87. The minimum Gasteiger partial charge on any atom is -0.396 e. The Morgan fingerprint density at radius 2 is 2.11 bits per heavy atom. The first-order valence-corrected chi connectivity index (χ1v) is 8.32. The van der Waals surface area contributed by atoms with Gasteiger partial charge in [-0.25, -0.2) is 4.98 Å². The fraction of sp³-hybridized carbons (Fsp3) is 0.727. The van der Waals surface area contributed by atoms with E-state index in [1.165, 1.54) is 22.7 Å². The summed E-state index contributed by atoms with van der Waals surface area (Å²) in [6, 6.07) is -0.312. The molecule has 1 heterocycles. The summed E-state index contributed by atoms with van der Waals surface area (Å²) in [6.07, 6.45) is 0.421. The van der Waals surface area contributed by atoms with E-state index in [2.05, 4.69) is 9.71 Å². The largest absolute Gasteiger partial charge is 0.396 e. The van der Waals surface area contributed by atoms with E-state index in [-0.39, 0.29) is 12.6 Å². The number of hydrogen-bond donors (Lipinski definition) is 2. The monoisotopic (exact) mass is 307 g/mol. The van der Waals surface area contributed by atoms with Crippen LogP contribution in [0.3, 0.4) is 0 Å². The van der Waals surface area contributed by atoms with Crippen molar-refractivity contribution >= 4 is 21.5 Å². The van der Waals surface area contributed by atoms with Crippen LogP contribution in [0.5, 0.6) is 0 Å². The van der Waals surface area contributed by atoms with Crippen molar-refractivity contribution in [3.05, 3.63) is 15.6 Å². The molecule has 0 spiro atoms. The maximum atomic E-state index is 12.1. The lowest BCUT2D eigenvalue weighted by atomic mass is 10.2. The lowest BCUT2D eigenvalue weighted by molar-refractivity contribution is 0.275. The molecule has 6 nitrogen and oxygen atoms in total. The average Bonchev–Trinajstić information content (AvgIpc) is 2.64. The zero-order valence-electron chi connectivity index (χ0n) is 11.7. The maximum Gasteiger partial charge on any atom is 0.279 e. The summed E-state index contributed by atoms with van der Waals surface area (Å²) in [5.74, 6) is 0. The van der Waals surface area contributed by atoms with Gasteiger partial charge in [0.05, 0.1) is 16.7 Å². The van der Waals surface area contributed by atoms with Gasteiger partial charge in [-0.3, -0.25) is 0 Å². The molecule has 0 aliphatic heterocycles. The van der Waals surface area contributed by atoms with Crippen LogP contribution in [0.2, 0.25) is 0 Å². The predicted octanol–water partition coefficient (Wildman–Crippen LogP) is 0.970. The SMILES string of the molecule is Cc1nc(C)c(C(C)NS(=O)(=O)N(C)CCCO)s1. The van der Waals surface area contributed by atoms with Crippen LogP contribution in [0.1, 0.15) is 35.0 Å². The summed E-state index contributed by atoms with van der Waals surface area (Å²) in [4.78, 5) is 5.22. The Labute approximate surface area is 118 Å². The van der Waals surface area contributed by atoms with Crippen LogP contribution in [-0.4, -0.2) is 43.0 Å². The highest BCUT2D eigenvalue weighted by Crippen LogP contribution is 2.25. The van der Waals surface area contributed by atoms with Crippen molar-refractivity contribution in [2.24, 2.45) is 0 Å². The van der Waals surface area contributed by atoms with Gasteiger partial charge >= 0.3 is 0 Å². The van der Waals surface area contributed by atoms with Crippen molar-refractivity contribution < 1.29 is 13.5 Å². The van der Waals surface area contributed by atoms with Gasteiger partial charge in [0.2, 0.25) is 0 Å². The van der Waals surface area contributed by atoms with Crippen molar-refractivity contribution in [2.75, 3.05) is 20.2 Å². The molecule has 0 saturated carbocycles. The second-order valence-electron chi connectivity index (χ2n) is 4.43. The van der Waals surface area contributed by atoms with Gasteiger partial charge in [0.25, 0.3) is 10.2 Å². The van der Waals surface area contributed by atoms with Crippen molar-refractivity contribution in [1.29, 1.82) is 0 Å². The minimum atomic E-state index is -3.54. The Hall–Kier alpha value is -0.540. The molecule has 0 aliphatic rings. The van der Waals surface area contributed by atoms with Gasteiger partial charge in [-0.1, -0.05) is 0 Å². The van der Waals surface area contributed by atoms with Crippen LogP contribution in [0.4, 0.5) is 0 Å². The van der Waals surface area contributed by atoms with E-state index in [0.29, 0.717) is 13.0 Å². The number of nitrogens with zero attached hydrogens (tertiary/aromatic N) is 2. The summed E-state index contributed by atoms with van der Waals surface area (Å²) in [7, 11) is -2.04. The maximum absolute atomic E-state index is 12.1. The molecule has 1 unspecified atom stereocenters. The van der Waals surface area contributed by atoms with Crippen LogP contribution < -0.4 is 4.72 Å². The summed E-state index contributed by atoms with van der Waals surface area (Å²) in [5, 5.41) is 9.65. The quantitative estimate of drug-likeness (QED) is 0.786. The Morgan fingerprint density at radius 3 is 2.58 bits per heavy atom. The zero-order chi connectivity index (χ0) is 14.6. The second-order valence-corrected chi connectivity index (χ2v) is 7.47. The van der Waals surface area contributed by atoms with Crippen molar-refractivity contribution in [3.63, 3.8) is 0 Å².